The molecule has 0 atom stereocenters. The highest BCUT2D eigenvalue weighted by Gasteiger charge is 2.30. The van der Waals surface area contributed by atoms with Crippen molar-refractivity contribution in [2.75, 3.05) is 38.6 Å². The second-order valence-corrected chi connectivity index (χ2v) is 9.90. The van der Waals surface area contributed by atoms with Crippen molar-refractivity contribution in [2.24, 2.45) is 5.41 Å². The first-order chi connectivity index (χ1) is 15.2. The van der Waals surface area contributed by atoms with Crippen LogP contribution in [0, 0.1) is 5.41 Å². The van der Waals surface area contributed by atoms with Gasteiger partial charge in [0.05, 0.1) is 5.69 Å². The van der Waals surface area contributed by atoms with Crippen molar-refractivity contribution >= 4 is 28.5 Å². The molecule has 0 bridgehead atoms. The Morgan fingerprint density at radius 1 is 1.25 bits per heavy atom. The first kappa shape index (κ1) is 20.6. The van der Waals surface area contributed by atoms with Crippen LogP contribution in [0.4, 0.5) is 10.5 Å². The van der Waals surface area contributed by atoms with E-state index in [0.717, 1.165) is 47.2 Å². The van der Waals surface area contributed by atoms with E-state index in [1.165, 1.54) is 11.3 Å². The van der Waals surface area contributed by atoms with Gasteiger partial charge >= 0.3 is 6.03 Å². The summed E-state index contributed by atoms with van der Waals surface area (Å²) >= 11 is 0. The molecule has 0 radical (unpaired) electrons. The maximum atomic E-state index is 12.8. The monoisotopic (exact) mass is 434 g/mol. The number of urea groups is 1. The van der Waals surface area contributed by atoms with Gasteiger partial charge in [0.1, 0.15) is 12.2 Å². The van der Waals surface area contributed by atoms with Crippen LogP contribution in [0.25, 0.3) is 22.3 Å². The number of nitrogens with one attached hydrogen (secondary N) is 2. The van der Waals surface area contributed by atoms with Gasteiger partial charge in [-0.2, -0.15) is 5.10 Å². The molecular weight excluding hydrogens is 404 g/mol. The Bertz CT molecular complexity index is 1210. The summed E-state index contributed by atoms with van der Waals surface area (Å²) in [6.45, 7) is 5.93. The third-order valence-corrected chi connectivity index (χ3v) is 6.91. The van der Waals surface area contributed by atoms with Crippen LogP contribution in [0.1, 0.15) is 31.5 Å². The molecule has 2 aromatic heterocycles. The summed E-state index contributed by atoms with van der Waals surface area (Å²) in [7, 11) is 3.51. The normalized spacial score (nSPS) is 17.8. The largest absolute Gasteiger partial charge is 0.353 e. The second kappa shape index (κ2) is 7.39. The molecule has 3 heterocycles. The predicted octanol–water partition coefficient (Wildman–Crippen LogP) is 3.40. The van der Waals surface area contributed by atoms with Gasteiger partial charge < -0.3 is 19.7 Å². The maximum absolute atomic E-state index is 12.8. The Morgan fingerprint density at radius 3 is 2.81 bits per heavy atom. The minimum Gasteiger partial charge on any atom is -0.353 e. The molecule has 1 aromatic carbocycles. The highest BCUT2D eigenvalue weighted by Crippen LogP contribution is 2.38. The number of likely N-dealkylation sites (N-methyl/N-ethyl adjacent to an activating group) is 2. The van der Waals surface area contributed by atoms with Crippen LogP contribution in [0.3, 0.4) is 0 Å². The zero-order valence-corrected chi connectivity index (χ0v) is 19.2. The van der Waals surface area contributed by atoms with Crippen molar-refractivity contribution in [3.05, 3.63) is 35.5 Å². The van der Waals surface area contributed by atoms with Crippen molar-refractivity contribution in [3.8, 4) is 11.4 Å². The number of carbonyl (C=O) groups is 2. The number of nitrogens with zero attached hydrogens (tertiary/aromatic N) is 4. The van der Waals surface area contributed by atoms with Crippen molar-refractivity contribution in [2.45, 2.75) is 33.1 Å². The smallest absolute Gasteiger partial charge is 0.320 e. The van der Waals surface area contributed by atoms with Gasteiger partial charge in [0, 0.05) is 55.0 Å². The number of hydrogen-bond donors (Lipinski definition) is 2. The predicted molar refractivity (Wildman–Crippen MR) is 125 cm³/mol. The summed E-state index contributed by atoms with van der Waals surface area (Å²) < 4.78 is 0. The van der Waals surface area contributed by atoms with E-state index in [9.17, 15) is 9.59 Å². The van der Waals surface area contributed by atoms with Crippen LogP contribution in [-0.4, -0.2) is 70.6 Å². The molecule has 5 rings (SSSR count). The molecule has 3 aromatic rings. The lowest BCUT2D eigenvalue weighted by Gasteiger charge is -2.28. The lowest BCUT2D eigenvalue weighted by atomic mass is 9.76. The van der Waals surface area contributed by atoms with Crippen molar-refractivity contribution in [1.82, 2.24) is 25.0 Å². The molecule has 3 amide bonds. The molecule has 168 valence electrons. The van der Waals surface area contributed by atoms with Gasteiger partial charge in [-0.05, 0) is 42.9 Å². The highest BCUT2D eigenvalue weighted by atomic mass is 16.2. The number of H-pyrrole nitrogens is 2. The number of rotatable bonds is 4. The molecule has 2 N–H and O–H groups in total. The first-order valence-electron chi connectivity index (χ1n) is 11.2. The fourth-order valence-electron chi connectivity index (χ4n) is 4.78. The van der Waals surface area contributed by atoms with Crippen LogP contribution < -0.4 is 4.90 Å². The van der Waals surface area contributed by atoms with Gasteiger partial charge in [0.2, 0.25) is 5.91 Å². The Balaban J connectivity index is 1.37. The van der Waals surface area contributed by atoms with Crippen LogP contribution in [0.2, 0.25) is 0 Å². The summed E-state index contributed by atoms with van der Waals surface area (Å²) in [5.74, 6) is -0.108. The quantitative estimate of drug-likeness (QED) is 0.660. The van der Waals surface area contributed by atoms with Gasteiger partial charge in [-0.15, -0.1) is 0 Å². The topological polar surface area (TPSA) is 88.3 Å². The molecule has 1 aliphatic carbocycles. The molecule has 8 nitrogen and oxygen atoms in total. The molecule has 0 spiro atoms. The Labute approximate surface area is 187 Å². The number of carbonyl (C=O) groups excluding carboxylic acids is 2. The summed E-state index contributed by atoms with van der Waals surface area (Å²) in [4.78, 5) is 33.2. The van der Waals surface area contributed by atoms with Gasteiger partial charge in [0.15, 0.2) is 0 Å². The summed E-state index contributed by atoms with van der Waals surface area (Å²) in [6.07, 6.45) is 3.19. The summed E-state index contributed by atoms with van der Waals surface area (Å²) in [6, 6.07) is 7.97. The Morgan fingerprint density at radius 2 is 2.06 bits per heavy atom. The fourth-order valence-corrected chi connectivity index (χ4v) is 4.78. The molecule has 1 aliphatic heterocycles. The van der Waals surface area contributed by atoms with Gasteiger partial charge in [-0.3, -0.25) is 9.89 Å². The average molecular weight is 435 g/mol. The average Bonchev–Trinajstić information content (AvgIpc) is 3.44. The number of aromatic nitrogens is 3. The highest BCUT2D eigenvalue weighted by molar-refractivity contribution is 5.98. The second-order valence-electron chi connectivity index (χ2n) is 9.90. The minimum absolute atomic E-state index is 0.0867. The van der Waals surface area contributed by atoms with Gasteiger partial charge in [-0.25, -0.2) is 4.79 Å². The minimum atomic E-state index is -0.108. The number of benzene rings is 1. The molecule has 2 aliphatic rings. The molecule has 1 saturated heterocycles. The van der Waals surface area contributed by atoms with E-state index >= 15 is 0 Å². The van der Waals surface area contributed by atoms with E-state index in [-0.39, 0.29) is 18.5 Å². The van der Waals surface area contributed by atoms with Crippen LogP contribution >= 0.6 is 0 Å². The zero-order valence-electron chi connectivity index (χ0n) is 19.2. The zero-order chi connectivity index (χ0) is 22.6. The van der Waals surface area contributed by atoms with E-state index in [0.29, 0.717) is 18.5 Å². The molecular formula is C24H30N6O2. The van der Waals surface area contributed by atoms with Gasteiger partial charge in [-0.1, -0.05) is 19.9 Å². The van der Waals surface area contributed by atoms with E-state index in [4.69, 9.17) is 0 Å². The number of fused-ring (bicyclic) bond motifs is 2. The molecule has 32 heavy (non-hydrogen) atoms. The van der Waals surface area contributed by atoms with E-state index < -0.39 is 0 Å². The number of amides is 3. The molecule has 0 unspecified atom stereocenters. The summed E-state index contributed by atoms with van der Waals surface area (Å²) in [5, 5.41) is 8.95. The van der Waals surface area contributed by atoms with Crippen molar-refractivity contribution in [3.63, 3.8) is 0 Å². The SMILES string of the molecule is CN1CCN(CC(=O)N(C)c2ccc3cc(-c4n[nH]c5c4CCC(C)(C)C5)[nH]c3c2)C1=O. The van der Waals surface area contributed by atoms with Gasteiger partial charge in [0.25, 0.3) is 0 Å². The number of hydrogen-bond acceptors (Lipinski definition) is 3. The fraction of sp³-hybridized carbons (Fsp3) is 0.458. The van der Waals surface area contributed by atoms with Crippen molar-refractivity contribution < 1.29 is 9.59 Å². The first-order valence-corrected chi connectivity index (χ1v) is 11.2. The third kappa shape index (κ3) is 3.53. The lowest BCUT2D eigenvalue weighted by molar-refractivity contribution is -0.118. The van der Waals surface area contributed by atoms with Crippen LogP contribution in [-0.2, 0) is 17.6 Å². The third-order valence-electron chi connectivity index (χ3n) is 6.91. The molecule has 0 saturated carbocycles. The Hall–Kier alpha value is -3.29. The lowest BCUT2D eigenvalue weighted by Crippen LogP contribution is -2.40. The van der Waals surface area contributed by atoms with E-state index in [1.54, 1.807) is 28.8 Å². The molecule has 1 fully saturated rings. The van der Waals surface area contributed by atoms with Crippen LogP contribution in [0.5, 0.6) is 0 Å². The van der Waals surface area contributed by atoms with E-state index in [2.05, 4.69) is 35.1 Å². The summed E-state index contributed by atoms with van der Waals surface area (Å²) in [5.41, 5.74) is 6.59. The van der Waals surface area contributed by atoms with Crippen LogP contribution in [0.15, 0.2) is 24.3 Å². The number of aromatic amines is 2. The Kier molecular flexibility index (Phi) is 4.76. The molecule has 8 heteroatoms. The van der Waals surface area contributed by atoms with E-state index in [1.807, 2.05) is 18.2 Å². The maximum Gasteiger partial charge on any atom is 0.320 e. The number of anilines is 1. The van der Waals surface area contributed by atoms with Crippen molar-refractivity contribution in [1.29, 1.82) is 0 Å². The standard InChI is InChI=1S/C24H30N6O2/c1-24(2)8-7-17-20(13-24)26-27-22(17)19-11-15-5-6-16(12-18(15)25-19)29(4)21(31)14-30-10-9-28(3)23(30)32/h5-6,11-12,25H,7-10,13-14H2,1-4H3,(H,26,27).